The summed E-state index contributed by atoms with van der Waals surface area (Å²) in [7, 11) is -3.62. The highest BCUT2D eigenvalue weighted by Gasteiger charge is 2.14. The molecule has 0 bridgehead atoms. The van der Waals surface area contributed by atoms with Gasteiger partial charge in [0, 0.05) is 12.7 Å². The van der Waals surface area contributed by atoms with Gasteiger partial charge in [0.05, 0.1) is 4.90 Å². The number of hydrogen-bond donors (Lipinski definition) is 2. The molecule has 17 heavy (non-hydrogen) atoms. The number of nitrogens with one attached hydrogen (secondary N) is 2. The van der Waals surface area contributed by atoms with Crippen molar-refractivity contribution in [2.24, 2.45) is 0 Å². The number of pyridine rings is 1. The van der Waals surface area contributed by atoms with E-state index in [9.17, 15) is 13.2 Å². The normalized spacial score (nSPS) is 12.1. The highest BCUT2D eigenvalue weighted by molar-refractivity contribution is 7.89. The van der Waals surface area contributed by atoms with Crippen LogP contribution in [0.2, 0.25) is 5.02 Å². The number of H-pyrrole nitrogens is 1. The molecule has 0 saturated carbocycles. The first-order valence-electron chi connectivity index (χ1n) is 4.96. The summed E-state index contributed by atoms with van der Waals surface area (Å²) >= 11 is 5.56. The number of rotatable bonds is 5. The van der Waals surface area contributed by atoms with Crippen molar-refractivity contribution in [2.45, 2.75) is 18.2 Å². The average Bonchev–Trinajstić information content (AvgIpc) is 2.28. The molecule has 1 aromatic heterocycles. The monoisotopic (exact) mass is 276 g/mol. The molecule has 0 atom stereocenters. The Morgan fingerprint density at radius 3 is 2.82 bits per heavy atom. The Hall–Kier alpha value is -1.11. The molecule has 0 saturated heterocycles. The van der Waals surface area contributed by atoms with Crippen LogP contribution >= 0.6 is 11.6 Å². The molecule has 0 aliphatic rings. The van der Waals surface area contributed by atoms with Crippen LogP contribution in [0.15, 0.2) is 34.1 Å². The van der Waals surface area contributed by atoms with Crippen molar-refractivity contribution >= 4 is 21.6 Å². The van der Waals surface area contributed by atoms with Gasteiger partial charge in [0.2, 0.25) is 10.0 Å². The predicted octanol–water partition coefficient (Wildman–Crippen LogP) is 1.27. The molecule has 0 unspecified atom stereocenters. The minimum Gasteiger partial charge on any atom is -0.326 e. The van der Waals surface area contributed by atoms with Crippen molar-refractivity contribution in [2.75, 3.05) is 6.54 Å². The first-order valence-corrected chi connectivity index (χ1v) is 6.82. The summed E-state index contributed by atoms with van der Waals surface area (Å²) in [4.78, 5) is 13.2. The molecular formula is C10H13ClN2O3S. The predicted molar refractivity (Wildman–Crippen MR) is 66.7 cm³/mol. The second kappa shape index (κ2) is 6.00. The van der Waals surface area contributed by atoms with Gasteiger partial charge in [-0.25, -0.2) is 13.1 Å². The molecular weight excluding hydrogens is 264 g/mol. The molecule has 0 radical (unpaired) electrons. The van der Waals surface area contributed by atoms with Crippen LogP contribution < -0.4 is 10.3 Å². The maximum Gasteiger partial charge on any atom is 0.266 e. The van der Waals surface area contributed by atoms with Gasteiger partial charge in [-0.15, -0.1) is 0 Å². The Balaban J connectivity index is 2.82. The topological polar surface area (TPSA) is 79.0 Å². The number of sulfonamides is 1. The van der Waals surface area contributed by atoms with E-state index in [0.29, 0.717) is 13.0 Å². The zero-order chi connectivity index (χ0) is 12.9. The van der Waals surface area contributed by atoms with Crippen LogP contribution in [-0.4, -0.2) is 19.9 Å². The molecule has 1 heterocycles. The Morgan fingerprint density at radius 2 is 2.24 bits per heavy atom. The van der Waals surface area contributed by atoms with Crippen LogP contribution in [0, 0.1) is 0 Å². The van der Waals surface area contributed by atoms with E-state index in [0.717, 1.165) is 12.3 Å². The highest BCUT2D eigenvalue weighted by Crippen LogP contribution is 2.10. The first-order chi connectivity index (χ1) is 7.97. The van der Waals surface area contributed by atoms with Crippen molar-refractivity contribution in [1.82, 2.24) is 9.71 Å². The van der Waals surface area contributed by atoms with E-state index in [4.69, 9.17) is 11.6 Å². The molecule has 1 rings (SSSR count). The maximum absolute atomic E-state index is 11.7. The van der Waals surface area contributed by atoms with Crippen molar-refractivity contribution < 1.29 is 8.42 Å². The third-order valence-electron chi connectivity index (χ3n) is 1.98. The van der Waals surface area contributed by atoms with E-state index in [2.05, 4.69) is 9.71 Å². The van der Waals surface area contributed by atoms with Gasteiger partial charge < -0.3 is 4.98 Å². The lowest BCUT2D eigenvalue weighted by atomic mass is 10.4. The van der Waals surface area contributed by atoms with Crippen molar-refractivity contribution in [3.63, 3.8) is 0 Å². The van der Waals surface area contributed by atoms with Crippen molar-refractivity contribution in [1.29, 1.82) is 0 Å². The SMILES string of the molecule is C/C=C/CCNS(=O)(=O)c1c[nH]c(=O)c(Cl)c1. The molecule has 0 spiro atoms. The van der Waals surface area contributed by atoms with Crippen molar-refractivity contribution in [3.8, 4) is 0 Å². The standard InChI is InChI=1S/C10H13ClN2O3S/c1-2-3-4-5-13-17(15,16)8-6-9(11)10(14)12-7-8/h2-3,6-7,13H,4-5H2,1H3,(H,12,14)/b3-2+. The second-order valence-corrected chi connectivity index (χ2v) is 5.44. The third kappa shape index (κ3) is 3.99. The quantitative estimate of drug-likeness (QED) is 0.628. The maximum atomic E-state index is 11.7. The van der Waals surface area contributed by atoms with E-state index in [1.165, 1.54) is 0 Å². The van der Waals surface area contributed by atoms with E-state index in [-0.39, 0.29) is 9.92 Å². The summed E-state index contributed by atoms with van der Waals surface area (Å²) in [6.07, 6.45) is 5.41. The van der Waals surface area contributed by atoms with Crippen LogP contribution in [-0.2, 0) is 10.0 Å². The fraction of sp³-hybridized carbons (Fsp3) is 0.300. The number of aromatic amines is 1. The summed E-state index contributed by atoms with van der Waals surface area (Å²) in [6, 6.07) is 1.12. The fourth-order valence-electron chi connectivity index (χ4n) is 1.12. The number of hydrogen-bond acceptors (Lipinski definition) is 3. The van der Waals surface area contributed by atoms with Gasteiger partial charge in [0.1, 0.15) is 5.02 Å². The van der Waals surface area contributed by atoms with Crippen LogP contribution in [0.3, 0.4) is 0 Å². The van der Waals surface area contributed by atoms with Gasteiger partial charge in [0.15, 0.2) is 0 Å². The molecule has 7 heteroatoms. The van der Waals surface area contributed by atoms with Gasteiger partial charge in [-0.3, -0.25) is 4.79 Å². The van der Waals surface area contributed by atoms with Crippen LogP contribution in [0.1, 0.15) is 13.3 Å². The Morgan fingerprint density at radius 1 is 1.53 bits per heavy atom. The number of aromatic nitrogens is 1. The summed E-state index contributed by atoms with van der Waals surface area (Å²) in [5.74, 6) is 0. The molecule has 0 amide bonds. The molecule has 0 aliphatic carbocycles. The summed E-state index contributed by atoms with van der Waals surface area (Å²) in [6.45, 7) is 2.15. The summed E-state index contributed by atoms with van der Waals surface area (Å²) < 4.78 is 25.9. The van der Waals surface area contributed by atoms with Crippen LogP contribution in [0.4, 0.5) is 0 Å². The van der Waals surface area contributed by atoms with Gasteiger partial charge in [-0.2, -0.15) is 0 Å². The lowest BCUT2D eigenvalue weighted by Gasteiger charge is -2.05. The summed E-state index contributed by atoms with van der Waals surface area (Å²) in [5, 5.41) is -0.152. The lowest BCUT2D eigenvalue weighted by molar-refractivity contribution is 0.581. The Bertz CT molecular complexity index is 563. The van der Waals surface area contributed by atoms with E-state index in [1.54, 1.807) is 0 Å². The molecule has 0 aromatic carbocycles. The molecule has 0 aliphatic heterocycles. The number of allylic oxidation sites excluding steroid dienone is 1. The third-order valence-corrected chi connectivity index (χ3v) is 3.70. The van der Waals surface area contributed by atoms with E-state index < -0.39 is 15.6 Å². The molecule has 0 fully saturated rings. The van der Waals surface area contributed by atoms with Crippen LogP contribution in [0.25, 0.3) is 0 Å². The molecule has 94 valence electrons. The van der Waals surface area contributed by atoms with Crippen molar-refractivity contribution in [3.05, 3.63) is 39.8 Å². The minimum atomic E-state index is -3.62. The fourth-order valence-corrected chi connectivity index (χ4v) is 2.40. The zero-order valence-corrected chi connectivity index (χ0v) is 10.8. The van der Waals surface area contributed by atoms with Gasteiger partial charge in [-0.05, 0) is 19.4 Å². The average molecular weight is 277 g/mol. The first kappa shape index (κ1) is 14.0. The highest BCUT2D eigenvalue weighted by atomic mass is 35.5. The van der Waals surface area contributed by atoms with Gasteiger partial charge in [0.25, 0.3) is 5.56 Å². The van der Waals surface area contributed by atoms with Gasteiger partial charge in [-0.1, -0.05) is 23.8 Å². The lowest BCUT2D eigenvalue weighted by Crippen LogP contribution is -2.25. The second-order valence-electron chi connectivity index (χ2n) is 3.27. The van der Waals surface area contributed by atoms with Crippen LogP contribution in [0.5, 0.6) is 0 Å². The summed E-state index contributed by atoms with van der Waals surface area (Å²) in [5.41, 5.74) is -0.514. The molecule has 2 N–H and O–H groups in total. The smallest absolute Gasteiger partial charge is 0.266 e. The zero-order valence-electron chi connectivity index (χ0n) is 9.23. The Kier molecular flexibility index (Phi) is 4.92. The molecule has 5 nitrogen and oxygen atoms in total. The molecule has 1 aromatic rings. The Labute approximate surface area is 105 Å². The minimum absolute atomic E-state index is 0.0532. The van der Waals surface area contributed by atoms with E-state index >= 15 is 0 Å². The largest absolute Gasteiger partial charge is 0.326 e. The van der Waals surface area contributed by atoms with E-state index in [1.807, 2.05) is 19.1 Å². The van der Waals surface area contributed by atoms with Gasteiger partial charge >= 0.3 is 0 Å². The number of halogens is 1.